The summed E-state index contributed by atoms with van der Waals surface area (Å²) in [5, 5.41) is 16.0. The van der Waals surface area contributed by atoms with Crippen molar-refractivity contribution in [3.8, 4) is 0 Å². The maximum Gasteiger partial charge on any atom is 0.328 e. The number of carboxylic acid groups (broad SMARTS) is 1. The first-order valence-electron chi connectivity index (χ1n) is 14.4. The lowest BCUT2D eigenvalue weighted by Crippen LogP contribution is -2.52. The lowest BCUT2D eigenvalue weighted by Gasteiger charge is -2.41. The highest BCUT2D eigenvalue weighted by Gasteiger charge is 2.31. The molecule has 0 spiro atoms. The summed E-state index contributed by atoms with van der Waals surface area (Å²) < 4.78 is 13.8. The molecule has 0 aliphatic carbocycles. The second-order valence-corrected chi connectivity index (χ2v) is 10.7. The highest BCUT2D eigenvalue weighted by molar-refractivity contribution is 5.89. The number of piperidine rings is 1. The lowest BCUT2D eigenvalue weighted by molar-refractivity contribution is -0.139. The van der Waals surface area contributed by atoms with Crippen molar-refractivity contribution in [3.63, 3.8) is 0 Å². The number of rotatable bonds is 12. The molecule has 43 heavy (non-hydrogen) atoms. The summed E-state index contributed by atoms with van der Waals surface area (Å²) in [6, 6.07) is 20.4. The van der Waals surface area contributed by atoms with E-state index in [0.29, 0.717) is 18.4 Å². The summed E-state index contributed by atoms with van der Waals surface area (Å²) in [5.74, 6) is -2.83. The van der Waals surface area contributed by atoms with Crippen LogP contribution in [0.5, 0.6) is 0 Å². The molecule has 10 heteroatoms. The third-order valence-corrected chi connectivity index (χ3v) is 7.76. The molecule has 3 aromatic carbocycles. The molecule has 1 atom stereocenters. The van der Waals surface area contributed by atoms with Crippen molar-refractivity contribution in [2.45, 2.75) is 38.3 Å². The van der Waals surface area contributed by atoms with E-state index in [9.17, 15) is 23.6 Å². The van der Waals surface area contributed by atoms with E-state index in [1.165, 1.54) is 34.5 Å². The Kier molecular flexibility index (Phi) is 11.0. The fraction of sp³-hybridized carbons (Fsp3) is 0.333. The molecule has 0 saturated carbocycles. The van der Waals surface area contributed by atoms with E-state index in [4.69, 9.17) is 5.11 Å². The van der Waals surface area contributed by atoms with Gasteiger partial charge in [-0.1, -0.05) is 60.7 Å². The van der Waals surface area contributed by atoms with E-state index >= 15 is 0 Å². The van der Waals surface area contributed by atoms with Gasteiger partial charge in [0.1, 0.15) is 5.82 Å². The smallest absolute Gasteiger partial charge is 0.328 e. The van der Waals surface area contributed by atoms with E-state index in [1.807, 2.05) is 12.1 Å². The number of carbonyl (C=O) groups is 4. The first kappa shape index (κ1) is 31.4. The highest BCUT2D eigenvalue weighted by Crippen LogP contribution is 2.31. The summed E-state index contributed by atoms with van der Waals surface area (Å²) in [5.41, 5.74) is 1.76. The summed E-state index contributed by atoms with van der Waals surface area (Å²) in [4.78, 5) is 52.9. The third kappa shape index (κ3) is 8.96. The van der Waals surface area contributed by atoms with E-state index in [2.05, 4.69) is 52.8 Å². The number of likely N-dealkylation sites (tertiary alicyclic amines) is 1. The molecule has 3 N–H and O–H groups in total. The van der Waals surface area contributed by atoms with Crippen LogP contribution in [0, 0.1) is 5.82 Å². The average molecular weight is 589 g/mol. The molecular weight excluding hydrogens is 551 g/mol. The van der Waals surface area contributed by atoms with Gasteiger partial charge >= 0.3 is 5.97 Å². The number of carbonyl (C=O) groups excluding carboxylic acids is 3. The number of fused-ring (bicyclic) bond motifs is 1. The summed E-state index contributed by atoms with van der Waals surface area (Å²) in [6.45, 7) is 3.11. The maximum atomic E-state index is 13.8. The zero-order valence-corrected chi connectivity index (χ0v) is 24.2. The summed E-state index contributed by atoms with van der Waals surface area (Å²) in [6.07, 6.45) is 3.47. The Morgan fingerprint density at radius 2 is 1.72 bits per heavy atom. The number of halogens is 1. The number of hydrogen-bond acceptors (Lipinski definition) is 5. The number of aliphatic carboxylic acids is 1. The van der Waals surface area contributed by atoms with Gasteiger partial charge in [0, 0.05) is 37.8 Å². The van der Waals surface area contributed by atoms with Gasteiger partial charge in [-0.2, -0.15) is 0 Å². The predicted octanol–water partition coefficient (Wildman–Crippen LogP) is 3.45. The molecule has 0 bridgehead atoms. The molecule has 226 valence electrons. The standard InChI is InChI=1S/C33H37FN4O5/c1-23(28-12-5-9-25-8-2-3-11-29(25)28)37-17-14-27(15-18-37)38(32(41)20-24-7-4-10-26(34)19-24)22-31(40)36-21-30(39)35-16-6-13-33(42)43/h2-13,19,23,27H,14-18,20-22H2,1H3,(H,35,39)(H,36,40)(H,42,43)/b13-6+. The van der Waals surface area contributed by atoms with Gasteiger partial charge in [0.05, 0.1) is 19.5 Å². The highest BCUT2D eigenvalue weighted by atomic mass is 19.1. The van der Waals surface area contributed by atoms with Gasteiger partial charge in [-0.3, -0.25) is 19.3 Å². The van der Waals surface area contributed by atoms with Crippen molar-refractivity contribution >= 4 is 34.5 Å². The first-order valence-corrected chi connectivity index (χ1v) is 14.4. The molecule has 3 aromatic rings. The van der Waals surface area contributed by atoms with Crippen LogP contribution >= 0.6 is 0 Å². The van der Waals surface area contributed by atoms with Crippen molar-refractivity contribution in [2.75, 3.05) is 32.7 Å². The van der Waals surface area contributed by atoms with Gasteiger partial charge < -0.3 is 20.6 Å². The summed E-state index contributed by atoms with van der Waals surface area (Å²) >= 11 is 0. The first-order chi connectivity index (χ1) is 20.7. The molecule has 1 fully saturated rings. The van der Waals surface area contributed by atoms with Gasteiger partial charge in [-0.05, 0) is 53.8 Å². The van der Waals surface area contributed by atoms with Gasteiger partial charge in [0.2, 0.25) is 17.7 Å². The Labute approximate surface area is 250 Å². The van der Waals surface area contributed by atoms with E-state index in [0.717, 1.165) is 19.2 Å². The van der Waals surface area contributed by atoms with Crippen LogP contribution in [0.15, 0.2) is 78.9 Å². The van der Waals surface area contributed by atoms with Crippen molar-refractivity contribution < 1.29 is 28.7 Å². The monoisotopic (exact) mass is 588 g/mol. The van der Waals surface area contributed by atoms with Gasteiger partial charge in [0.15, 0.2) is 0 Å². The fourth-order valence-electron chi connectivity index (χ4n) is 5.52. The Bertz CT molecular complexity index is 1480. The number of benzene rings is 3. The van der Waals surface area contributed by atoms with Crippen LogP contribution in [-0.2, 0) is 25.6 Å². The minimum absolute atomic E-state index is 0.00895. The minimum Gasteiger partial charge on any atom is -0.478 e. The maximum absolute atomic E-state index is 13.8. The Morgan fingerprint density at radius 1 is 1.00 bits per heavy atom. The number of hydrogen-bond donors (Lipinski definition) is 3. The predicted molar refractivity (Wildman–Crippen MR) is 162 cm³/mol. The lowest BCUT2D eigenvalue weighted by atomic mass is 9.95. The quantitative estimate of drug-likeness (QED) is 0.279. The van der Waals surface area contributed by atoms with Crippen LogP contribution in [0.1, 0.15) is 36.9 Å². The number of carboxylic acids is 1. The molecule has 1 aliphatic rings. The van der Waals surface area contributed by atoms with Crippen molar-refractivity contribution in [1.82, 2.24) is 20.4 Å². The zero-order valence-electron chi connectivity index (χ0n) is 24.2. The van der Waals surface area contributed by atoms with Gasteiger partial charge in [0.25, 0.3) is 0 Å². The van der Waals surface area contributed by atoms with Gasteiger partial charge in [-0.15, -0.1) is 0 Å². The van der Waals surface area contributed by atoms with Crippen molar-refractivity contribution in [1.29, 1.82) is 0 Å². The van der Waals surface area contributed by atoms with Crippen LogP contribution in [0.3, 0.4) is 0 Å². The second kappa shape index (κ2) is 15.1. The Balaban J connectivity index is 1.40. The topological polar surface area (TPSA) is 119 Å². The summed E-state index contributed by atoms with van der Waals surface area (Å²) in [7, 11) is 0. The molecular formula is C33H37FN4O5. The number of nitrogens with one attached hydrogen (secondary N) is 2. The molecule has 1 unspecified atom stereocenters. The Hall–Kier alpha value is -4.57. The molecule has 4 rings (SSSR count). The fourth-order valence-corrected chi connectivity index (χ4v) is 5.52. The van der Waals surface area contributed by atoms with Crippen LogP contribution in [-0.4, -0.2) is 77.4 Å². The molecule has 3 amide bonds. The molecule has 0 aromatic heterocycles. The molecule has 9 nitrogen and oxygen atoms in total. The van der Waals surface area contributed by atoms with Gasteiger partial charge in [-0.25, -0.2) is 9.18 Å². The zero-order chi connectivity index (χ0) is 30.8. The second-order valence-electron chi connectivity index (χ2n) is 10.7. The van der Waals surface area contributed by atoms with Crippen LogP contribution in [0.2, 0.25) is 0 Å². The van der Waals surface area contributed by atoms with Crippen molar-refractivity contribution in [2.24, 2.45) is 0 Å². The molecule has 1 aliphatic heterocycles. The van der Waals surface area contributed by atoms with Crippen LogP contribution in [0.25, 0.3) is 10.8 Å². The Morgan fingerprint density at radius 3 is 2.47 bits per heavy atom. The van der Waals surface area contributed by atoms with Crippen LogP contribution in [0.4, 0.5) is 4.39 Å². The molecule has 1 heterocycles. The number of nitrogens with zero attached hydrogens (tertiary/aromatic N) is 2. The SMILES string of the molecule is CC(c1cccc2ccccc12)N1CCC(N(CC(=O)NCC(=O)NC/C=C/C(=O)O)C(=O)Cc2cccc(F)c2)CC1. The largest absolute Gasteiger partial charge is 0.478 e. The van der Waals surface area contributed by atoms with E-state index < -0.39 is 23.6 Å². The third-order valence-electron chi connectivity index (χ3n) is 7.76. The minimum atomic E-state index is -1.13. The normalized spacial score (nSPS) is 14.8. The van der Waals surface area contributed by atoms with Crippen LogP contribution < -0.4 is 10.6 Å². The van der Waals surface area contributed by atoms with E-state index in [-0.39, 0.29) is 44.0 Å². The molecule has 1 saturated heterocycles. The molecule has 0 radical (unpaired) electrons. The average Bonchev–Trinajstić information content (AvgIpc) is 3.00. The number of amides is 3. The van der Waals surface area contributed by atoms with E-state index in [1.54, 1.807) is 17.0 Å². The van der Waals surface area contributed by atoms with Crippen molar-refractivity contribution in [3.05, 3.63) is 95.8 Å².